The molecule has 0 bridgehead atoms. The van der Waals surface area contributed by atoms with Gasteiger partial charge in [0.05, 0.1) is 18.6 Å². The Bertz CT molecular complexity index is 514. The first-order chi connectivity index (χ1) is 9.58. The SMILES string of the molecule is CCOc1cccc(C2C(C(=O)O)CC(=O)N2CC)c1. The van der Waals surface area contributed by atoms with Crippen LogP contribution in [0.25, 0.3) is 0 Å². The van der Waals surface area contributed by atoms with Gasteiger partial charge in [0.25, 0.3) is 0 Å². The number of benzene rings is 1. The fourth-order valence-electron chi connectivity index (χ4n) is 2.75. The minimum absolute atomic E-state index is 0.0622. The number of ether oxygens (including phenoxy) is 1. The Labute approximate surface area is 118 Å². The summed E-state index contributed by atoms with van der Waals surface area (Å²) in [6.45, 7) is 4.81. The maximum atomic E-state index is 11.9. The highest BCUT2D eigenvalue weighted by Crippen LogP contribution is 2.38. The summed E-state index contributed by atoms with van der Waals surface area (Å²) in [5.41, 5.74) is 0.816. The Morgan fingerprint density at radius 1 is 1.45 bits per heavy atom. The molecule has 1 aliphatic heterocycles. The Kier molecular flexibility index (Phi) is 4.27. The molecule has 1 aromatic carbocycles. The van der Waals surface area contributed by atoms with Gasteiger partial charge in [-0.1, -0.05) is 12.1 Å². The molecule has 0 aliphatic carbocycles. The second-order valence-corrected chi connectivity index (χ2v) is 4.78. The van der Waals surface area contributed by atoms with Crippen LogP contribution in [0.2, 0.25) is 0 Å². The number of likely N-dealkylation sites (tertiary alicyclic amines) is 1. The molecular weight excluding hydrogens is 258 g/mol. The lowest BCUT2D eigenvalue weighted by atomic mass is 9.93. The summed E-state index contributed by atoms with van der Waals surface area (Å²) in [7, 11) is 0. The van der Waals surface area contributed by atoms with Gasteiger partial charge in [-0.05, 0) is 31.5 Å². The maximum Gasteiger partial charge on any atom is 0.309 e. The average molecular weight is 277 g/mol. The van der Waals surface area contributed by atoms with E-state index in [2.05, 4.69) is 0 Å². The average Bonchev–Trinajstić information content (AvgIpc) is 2.76. The van der Waals surface area contributed by atoms with Gasteiger partial charge in [0.2, 0.25) is 5.91 Å². The van der Waals surface area contributed by atoms with Crippen molar-refractivity contribution in [1.82, 2.24) is 4.90 Å². The first-order valence-corrected chi connectivity index (χ1v) is 6.83. The van der Waals surface area contributed by atoms with Gasteiger partial charge in [0, 0.05) is 13.0 Å². The molecular formula is C15H19NO4. The van der Waals surface area contributed by atoms with Crippen molar-refractivity contribution in [3.05, 3.63) is 29.8 Å². The molecule has 20 heavy (non-hydrogen) atoms. The summed E-state index contributed by atoms with van der Waals surface area (Å²) in [5, 5.41) is 9.34. The minimum Gasteiger partial charge on any atom is -0.494 e. The number of nitrogens with zero attached hydrogens (tertiary/aromatic N) is 1. The molecule has 0 saturated carbocycles. The molecule has 2 atom stereocenters. The van der Waals surface area contributed by atoms with Crippen LogP contribution in [0, 0.1) is 5.92 Å². The highest BCUT2D eigenvalue weighted by Gasteiger charge is 2.43. The molecule has 1 fully saturated rings. The van der Waals surface area contributed by atoms with Crippen molar-refractivity contribution < 1.29 is 19.4 Å². The van der Waals surface area contributed by atoms with Gasteiger partial charge in [-0.2, -0.15) is 0 Å². The number of hydrogen-bond donors (Lipinski definition) is 1. The number of carboxylic acids is 1. The predicted octanol–water partition coefficient (Wildman–Crippen LogP) is 2.08. The molecule has 108 valence electrons. The van der Waals surface area contributed by atoms with Crippen LogP contribution in [-0.2, 0) is 9.59 Å². The van der Waals surface area contributed by atoms with Gasteiger partial charge >= 0.3 is 5.97 Å². The van der Waals surface area contributed by atoms with E-state index in [9.17, 15) is 14.7 Å². The van der Waals surface area contributed by atoms with Crippen LogP contribution in [-0.4, -0.2) is 35.0 Å². The maximum absolute atomic E-state index is 11.9. The summed E-state index contributed by atoms with van der Waals surface area (Å²) in [6.07, 6.45) is 0.0622. The van der Waals surface area contributed by atoms with Crippen LogP contribution >= 0.6 is 0 Å². The molecule has 1 N–H and O–H groups in total. The standard InChI is InChI=1S/C15H19NO4/c1-3-16-13(17)9-12(15(18)19)14(16)10-6-5-7-11(8-10)20-4-2/h5-8,12,14H,3-4,9H2,1-2H3,(H,18,19). The van der Waals surface area contributed by atoms with Gasteiger partial charge in [-0.25, -0.2) is 0 Å². The van der Waals surface area contributed by atoms with Crippen LogP contribution in [0.4, 0.5) is 0 Å². The summed E-state index contributed by atoms with van der Waals surface area (Å²) >= 11 is 0. The largest absolute Gasteiger partial charge is 0.494 e. The van der Waals surface area contributed by atoms with E-state index in [0.717, 1.165) is 5.56 Å². The molecule has 2 rings (SSSR count). The molecule has 0 spiro atoms. The molecule has 1 amide bonds. The van der Waals surface area contributed by atoms with E-state index in [1.807, 2.05) is 38.1 Å². The Morgan fingerprint density at radius 2 is 2.20 bits per heavy atom. The molecule has 5 nitrogen and oxygen atoms in total. The van der Waals surface area contributed by atoms with E-state index in [4.69, 9.17) is 4.74 Å². The molecule has 1 saturated heterocycles. The summed E-state index contributed by atoms with van der Waals surface area (Å²) in [6, 6.07) is 6.92. The zero-order valence-corrected chi connectivity index (χ0v) is 11.7. The minimum atomic E-state index is -0.930. The molecule has 5 heteroatoms. The van der Waals surface area contributed by atoms with Crippen molar-refractivity contribution in [3.63, 3.8) is 0 Å². The van der Waals surface area contributed by atoms with Gasteiger partial charge in [-0.15, -0.1) is 0 Å². The third-order valence-electron chi connectivity index (χ3n) is 3.60. The van der Waals surface area contributed by atoms with Gasteiger partial charge in [-0.3, -0.25) is 9.59 Å². The molecule has 0 radical (unpaired) electrons. The van der Waals surface area contributed by atoms with Crippen molar-refractivity contribution in [3.8, 4) is 5.75 Å². The van der Waals surface area contributed by atoms with Crippen LogP contribution in [0.3, 0.4) is 0 Å². The van der Waals surface area contributed by atoms with Gasteiger partial charge in [0.15, 0.2) is 0 Å². The normalized spacial score (nSPS) is 22.1. The van der Waals surface area contributed by atoms with Crippen LogP contribution in [0.1, 0.15) is 31.9 Å². The van der Waals surface area contributed by atoms with Crippen molar-refractivity contribution in [2.24, 2.45) is 5.92 Å². The Hall–Kier alpha value is -2.04. The van der Waals surface area contributed by atoms with Crippen LogP contribution in [0.15, 0.2) is 24.3 Å². The summed E-state index contributed by atoms with van der Waals surface area (Å²) in [4.78, 5) is 25.0. The van der Waals surface area contributed by atoms with Gasteiger partial charge < -0.3 is 14.7 Å². The Morgan fingerprint density at radius 3 is 2.80 bits per heavy atom. The van der Waals surface area contributed by atoms with E-state index >= 15 is 0 Å². The fraction of sp³-hybridized carbons (Fsp3) is 0.467. The fourth-order valence-corrected chi connectivity index (χ4v) is 2.75. The van der Waals surface area contributed by atoms with Crippen LogP contribution in [0.5, 0.6) is 5.75 Å². The topological polar surface area (TPSA) is 66.8 Å². The quantitative estimate of drug-likeness (QED) is 0.894. The van der Waals surface area contributed by atoms with Crippen molar-refractivity contribution in [2.45, 2.75) is 26.3 Å². The van der Waals surface area contributed by atoms with E-state index in [-0.39, 0.29) is 12.3 Å². The number of rotatable bonds is 5. The monoisotopic (exact) mass is 277 g/mol. The number of carbonyl (C=O) groups is 2. The summed E-state index contributed by atoms with van der Waals surface area (Å²) < 4.78 is 5.45. The number of aliphatic carboxylic acids is 1. The van der Waals surface area contributed by atoms with Crippen LogP contribution < -0.4 is 4.74 Å². The zero-order chi connectivity index (χ0) is 14.7. The second kappa shape index (κ2) is 5.94. The zero-order valence-electron chi connectivity index (χ0n) is 11.7. The molecule has 1 aliphatic rings. The first-order valence-electron chi connectivity index (χ1n) is 6.83. The lowest BCUT2D eigenvalue weighted by Gasteiger charge is -2.26. The third kappa shape index (κ3) is 2.61. The number of carboxylic acid groups (broad SMARTS) is 1. The van der Waals surface area contributed by atoms with E-state index in [1.54, 1.807) is 4.90 Å². The van der Waals surface area contributed by atoms with E-state index in [1.165, 1.54) is 0 Å². The second-order valence-electron chi connectivity index (χ2n) is 4.78. The highest BCUT2D eigenvalue weighted by atomic mass is 16.5. The third-order valence-corrected chi connectivity index (χ3v) is 3.60. The number of carbonyl (C=O) groups excluding carboxylic acids is 1. The van der Waals surface area contributed by atoms with Crippen molar-refractivity contribution in [1.29, 1.82) is 0 Å². The molecule has 1 heterocycles. The van der Waals surface area contributed by atoms with E-state index < -0.39 is 17.9 Å². The van der Waals surface area contributed by atoms with E-state index in [0.29, 0.717) is 18.9 Å². The summed E-state index contributed by atoms with van der Waals surface area (Å²) in [5.74, 6) is -1.03. The molecule has 2 unspecified atom stereocenters. The Balaban J connectivity index is 2.37. The molecule has 1 aromatic rings. The number of hydrogen-bond acceptors (Lipinski definition) is 3. The highest BCUT2D eigenvalue weighted by molar-refractivity contribution is 5.87. The lowest BCUT2D eigenvalue weighted by molar-refractivity contribution is -0.142. The lowest BCUT2D eigenvalue weighted by Crippen LogP contribution is -2.30. The predicted molar refractivity (Wildman–Crippen MR) is 73.5 cm³/mol. The van der Waals surface area contributed by atoms with Crippen molar-refractivity contribution >= 4 is 11.9 Å². The van der Waals surface area contributed by atoms with Gasteiger partial charge in [0.1, 0.15) is 5.75 Å². The smallest absolute Gasteiger partial charge is 0.309 e. The molecule has 0 aromatic heterocycles. The number of amides is 1. The first kappa shape index (κ1) is 14.4. The van der Waals surface area contributed by atoms with Crippen molar-refractivity contribution in [2.75, 3.05) is 13.2 Å².